The number of amides is 1. The van der Waals surface area contributed by atoms with Gasteiger partial charge in [-0.3, -0.25) is 4.79 Å². The molecule has 0 radical (unpaired) electrons. The monoisotopic (exact) mass is 614 g/mol. The van der Waals surface area contributed by atoms with Gasteiger partial charge < -0.3 is 34.6 Å². The Kier molecular flexibility index (Phi) is 9.56. The van der Waals surface area contributed by atoms with Gasteiger partial charge in [-0.2, -0.15) is 13.2 Å². The average molecular weight is 615 g/mol. The van der Waals surface area contributed by atoms with Gasteiger partial charge in [0.05, 0.1) is 36.6 Å². The lowest BCUT2D eigenvalue weighted by Gasteiger charge is -2.33. The highest BCUT2D eigenvalue weighted by Crippen LogP contribution is 2.32. The number of hydrogen-bond acceptors (Lipinski definition) is 6. The number of alkyl halides is 4. The summed E-state index contributed by atoms with van der Waals surface area (Å²) in [6, 6.07) is 11.4. The second-order valence-corrected chi connectivity index (χ2v) is 11.5. The summed E-state index contributed by atoms with van der Waals surface area (Å²) < 4.78 is 62.2. The summed E-state index contributed by atoms with van der Waals surface area (Å²) in [4.78, 5) is 18.9. The average Bonchev–Trinajstić information content (AvgIpc) is 3.33. The molecule has 2 saturated heterocycles. The van der Waals surface area contributed by atoms with E-state index in [1.54, 1.807) is 42.5 Å². The van der Waals surface area contributed by atoms with Crippen LogP contribution in [0, 0.1) is 11.8 Å². The number of fused-ring (bicyclic) bond motifs is 1. The number of halogens is 4. The molecule has 0 unspecified atom stereocenters. The standard InChI is InChI=1S/C32H38F4N6O2/c1-39-14-16-41(17-15-39)31(43)22-9-10-28(30(18-22)44-3)37-12-5-6-23-19-24-26(38-27-11-13-40(2)20-25(27)33)7-4-8-29(24)42(23)21-32(34,35)36/h4,7-10,18-19,25,27,37-38H,11-17,20-21H2,1-3H3/t25-,27+/m0/s1. The Labute approximate surface area is 254 Å². The Hall–Kier alpha value is -3.95. The van der Waals surface area contributed by atoms with Gasteiger partial charge in [-0.25, -0.2) is 4.39 Å². The molecule has 3 aromatic rings. The van der Waals surface area contributed by atoms with Crippen molar-refractivity contribution in [2.45, 2.75) is 31.4 Å². The van der Waals surface area contributed by atoms with Crippen molar-refractivity contribution in [2.24, 2.45) is 0 Å². The highest BCUT2D eigenvalue weighted by atomic mass is 19.4. The summed E-state index contributed by atoms with van der Waals surface area (Å²) in [5.74, 6) is 6.22. The zero-order valence-electron chi connectivity index (χ0n) is 25.2. The molecular formula is C32H38F4N6O2. The molecule has 0 bridgehead atoms. The van der Waals surface area contributed by atoms with Gasteiger partial charge in [0.15, 0.2) is 0 Å². The van der Waals surface area contributed by atoms with E-state index in [0.717, 1.165) is 24.2 Å². The molecule has 0 saturated carbocycles. The van der Waals surface area contributed by atoms with Gasteiger partial charge in [-0.15, -0.1) is 0 Å². The minimum atomic E-state index is -4.46. The summed E-state index contributed by atoms with van der Waals surface area (Å²) >= 11 is 0. The third kappa shape index (κ3) is 7.39. The fourth-order valence-corrected chi connectivity index (χ4v) is 5.72. The number of carbonyl (C=O) groups excluding carboxylic acids is 1. The van der Waals surface area contributed by atoms with E-state index in [2.05, 4.69) is 27.4 Å². The molecule has 2 aliphatic rings. The largest absolute Gasteiger partial charge is 0.495 e. The molecular weight excluding hydrogens is 576 g/mol. The van der Waals surface area contributed by atoms with Crippen molar-refractivity contribution in [3.63, 3.8) is 0 Å². The van der Waals surface area contributed by atoms with E-state index in [9.17, 15) is 22.4 Å². The first-order valence-electron chi connectivity index (χ1n) is 14.7. The molecule has 1 aromatic heterocycles. The number of aromatic nitrogens is 1. The van der Waals surface area contributed by atoms with Crippen LogP contribution in [-0.2, 0) is 6.54 Å². The predicted octanol–water partition coefficient (Wildman–Crippen LogP) is 4.52. The first-order chi connectivity index (χ1) is 21.0. The van der Waals surface area contributed by atoms with Crippen molar-refractivity contribution in [3.8, 4) is 17.6 Å². The highest BCUT2D eigenvalue weighted by molar-refractivity contribution is 5.95. The molecule has 1 amide bonds. The number of carbonyl (C=O) groups is 1. The van der Waals surface area contributed by atoms with E-state index in [1.807, 2.05) is 23.9 Å². The number of ether oxygens (including phenoxy) is 1. The van der Waals surface area contributed by atoms with Gasteiger partial charge in [-0.1, -0.05) is 12.0 Å². The lowest BCUT2D eigenvalue weighted by molar-refractivity contribution is -0.140. The van der Waals surface area contributed by atoms with Gasteiger partial charge in [0.25, 0.3) is 5.91 Å². The van der Waals surface area contributed by atoms with Crippen molar-refractivity contribution < 1.29 is 27.1 Å². The second kappa shape index (κ2) is 13.4. The third-order valence-electron chi connectivity index (χ3n) is 8.19. The number of nitrogens with zero attached hydrogens (tertiary/aromatic N) is 4. The summed E-state index contributed by atoms with van der Waals surface area (Å²) in [7, 11) is 5.40. The maximum absolute atomic E-state index is 14.7. The number of anilines is 2. The SMILES string of the molecule is COc1cc(C(=O)N2CCN(C)CC2)ccc1NCC#Cc1cc2c(N[C@@H]3CCN(C)C[C@@H]3F)cccc2n1CC(F)(F)F. The van der Waals surface area contributed by atoms with Crippen LogP contribution in [0.15, 0.2) is 42.5 Å². The van der Waals surface area contributed by atoms with Crippen molar-refractivity contribution in [1.82, 2.24) is 19.3 Å². The van der Waals surface area contributed by atoms with Gasteiger partial charge >= 0.3 is 6.18 Å². The van der Waals surface area contributed by atoms with Crippen LogP contribution in [0.5, 0.6) is 5.75 Å². The van der Waals surface area contributed by atoms with E-state index in [-0.39, 0.29) is 18.1 Å². The highest BCUT2D eigenvalue weighted by Gasteiger charge is 2.31. The van der Waals surface area contributed by atoms with Crippen LogP contribution in [0.1, 0.15) is 22.5 Å². The molecule has 2 atom stereocenters. The molecule has 44 heavy (non-hydrogen) atoms. The first-order valence-corrected chi connectivity index (χ1v) is 14.7. The molecule has 3 heterocycles. The fraction of sp³-hybridized carbons (Fsp3) is 0.469. The number of hydrogen-bond donors (Lipinski definition) is 2. The first kappa shape index (κ1) is 31.5. The number of likely N-dealkylation sites (N-methyl/N-ethyl adjacent to an activating group) is 1. The van der Waals surface area contributed by atoms with Crippen LogP contribution < -0.4 is 15.4 Å². The van der Waals surface area contributed by atoms with Gasteiger partial charge in [0, 0.05) is 55.9 Å². The molecule has 2 aliphatic heterocycles. The number of nitrogens with one attached hydrogen (secondary N) is 2. The van der Waals surface area contributed by atoms with Gasteiger partial charge in [-0.05, 0) is 62.8 Å². The Morgan fingerprint density at radius 2 is 1.80 bits per heavy atom. The lowest BCUT2D eigenvalue weighted by atomic mass is 10.0. The maximum atomic E-state index is 14.7. The Balaban J connectivity index is 1.33. The number of piperazine rings is 1. The predicted molar refractivity (Wildman–Crippen MR) is 164 cm³/mol. The van der Waals surface area contributed by atoms with Crippen LogP contribution in [0.2, 0.25) is 0 Å². The zero-order chi connectivity index (χ0) is 31.4. The lowest BCUT2D eigenvalue weighted by Crippen LogP contribution is -2.47. The van der Waals surface area contributed by atoms with E-state index >= 15 is 0 Å². The topological polar surface area (TPSA) is 65.0 Å². The Morgan fingerprint density at radius 1 is 1.02 bits per heavy atom. The summed E-state index contributed by atoms with van der Waals surface area (Å²) in [5.41, 5.74) is 2.28. The Bertz CT molecular complexity index is 1540. The van der Waals surface area contributed by atoms with Crippen LogP contribution >= 0.6 is 0 Å². The Morgan fingerprint density at radius 3 is 2.50 bits per heavy atom. The van der Waals surface area contributed by atoms with Crippen molar-refractivity contribution in [2.75, 3.05) is 77.7 Å². The minimum absolute atomic E-state index is 0.0630. The smallest absolute Gasteiger partial charge is 0.406 e. The molecule has 2 fully saturated rings. The van der Waals surface area contributed by atoms with Crippen LogP contribution in [0.25, 0.3) is 10.9 Å². The number of methoxy groups -OCH3 is 1. The molecule has 0 aliphatic carbocycles. The van der Waals surface area contributed by atoms with Crippen molar-refractivity contribution in [3.05, 3.63) is 53.7 Å². The van der Waals surface area contributed by atoms with Crippen LogP contribution in [0.3, 0.4) is 0 Å². The van der Waals surface area contributed by atoms with E-state index in [1.165, 1.54) is 7.11 Å². The minimum Gasteiger partial charge on any atom is -0.495 e. The van der Waals surface area contributed by atoms with Crippen molar-refractivity contribution in [1.29, 1.82) is 0 Å². The zero-order valence-corrected chi connectivity index (χ0v) is 25.2. The number of benzene rings is 2. The second-order valence-electron chi connectivity index (χ2n) is 11.5. The van der Waals surface area contributed by atoms with Crippen LogP contribution in [0.4, 0.5) is 28.9 Å². The summed E-state index contributed by atoms with van der Waals surface area (Å²) in [6.45, 7) is 2.90. The maximum Gasteiger partial charge on any atom is 0.406 e. The molecule has 2 aromatic carbocycles. The molecule has 8 nitrogen and oxygen atoms in total. The number of likely N-dealkylation sites (tertiary alicyclic amines) is 1. The van der Waals surface area contributed by atoms with Gasteiger partial charge in [0.2, 0.25) is 0 Å². The molecule has 0 spiro atoms. The van der Waals surface area contributed by atoms with E-state index in [4.69, 9.17) is 4.74 Å². The fourth-order valence-electron chi connectivity index (χ4n) is 5.72. The molecule has 2 N–H and O–H groups in total. The number of piperidine rings is 1. The quantitative estimate of drug-likeness (QED) is 0.302. The summed E-state index contributed by atoms with van der Waals surface area (Å²) in [6.07, 6.45) is -4.97. The van der Waals surface area contributed by atoms with Crippen LogP contribution in [-0.4, -0.2) is 111 Å². The summed E-state index contributed by atoms with van der Waals surface area (Å²) in [5, 5.41) is 6.93. The van der Waals surface area contributed by atoms with Crippen molar-refractivity contribution >= 4 is 28.2 Å². The normalized spacial score (nSPS) is 19.8. The van der Waals surface area contributed by atoms with E-state index in [0.29, 0.717) is 59.6 Å². The molecule has 5 rings (SSSR count). The number of rotatable bonds is 7. The third-order valence-corrected chi connectivity index (χ3v) is 8.19. The molecule has 236 valence electrons. The van der Waals surface area contributed by atoms with Gasteiger partial charge in [0.1, 0.15) is 18.5 Å². The van der Waals surface area contributed by atoms with E-state index < -0.39 is 24.9 Å². The molecule has 12 heteroatoms.